The molecule has 0 aliphatic heterocycles. The van der Waals surface area contributed by atoms with Crippen LogP contribution in [0.4, 0.5) is 0 Å². The molecule has 0 saturated carbocycles. The molecule has 0 fully saturated rings. The quantitative estimate of drug-likeness (QED) is 0.518. The molecular weight excluding hydrogens is 178 g/mol. The number of rotatable bonds is 5. The van der Waals surface area contributed by atoms with E-state index >= 15 is 0 Å². The van der Waals surface area contributed by atoms with Crippen LogP contribution in [0, 0.1) is 23.2 Å². The van der Waals surface area contributed by atoms with E-state index in [1.807, 2.05) is 27.7 Å². The fraction of sp³-hybridized carbons (Fsp3) is 0.818. The van der Waals surface area contributed by atoms with Crippen LogP contribution < -0.4 is 5.90 Å². The third-order valence-electron chi connectivity index (χ3n) is 2.49. The molecule has 0 bridgehead atoms. The van der Waals surface area contributed by atoms with Crippen molar-refractivity contribution in [3.8, 4) is 12.3 Å². The second-order valence-corrected chi connectivity index (χ2v) is 5.07. The molecule has 1 unspecified atom stereocenters. The molecule has 0 aromatic heterocycles. The zero-order valence-corrected chi connectivity index (χ0v) is 9.50. The van der Waals surface area contributed by atoms with Gasteiger partial charge in [-0.15, -0.1) is 12.3 Å². The molecule has 14 heavy (non-hydrogen) atoms. The Labute approximate surface area is 86.6 Å². The Morgan fingerprint density at radius 1 is 1.36 bits per heavy atom. The summed E-state index contributed by atoms with van der Waals surface area (Å²) in [5.74, 6) is 7.59. The summed E-state index contributed by atoms with van der Waals surface area (Å²) in [4.78, 5) is 4.59. The molecular formula is C11H21NO2. The molecule has 0 aliphatic carbocycles. The molecule has 0 radical (unpaired) electrons. The van der Waals surface area contributed by atoms with Gasteiger partial charge in [-0.25, -0.2) is 5.90 Å². The number of hydrogen-bond acceptors (Lipinski definition) is 3. The van der Waals surface area contributed by atoms with Gasteiger partial charge in [0.1, 0.15) is 0 Å². The first-order chi connectivity index (χ1) is 6.28. The minimum Gasteiger partial charge on any atom is -0.392 e. The van der Waals surface area contributed by atoms with Gasteiger partial charge in [-0.05, 0) is 0 Å². The second-order valence-electron chi connectivity index (χ2n) is 5.07. The number of hydrogen-bond donors (Lipinski definition) is 2. The van der Waals surface area contributed by atoms with Crippen LogP contribution in [0.2, 0.25) is 0 Å². The lowest BCUT2D eigenvalue weighted by Gasteiger charge is -2.39. The van der Waals surface area contributed by atoms with E-state index < -0.39 is 11.5 Å². The van der Waals surface area contributed by atoms with Crippen LogP contribution >= 0.6 is 0 Å². The van der Waals surface area contributed by atoms with Gasteiger partial charge >= 0.3 is 0 Å². The van der Waals surface area contributed by atoms with Gasteiger partial charge < -0.3 is 9.94 Å². The lowest BCUT2D eigenvalue weighted by molar-refractivity contribution is -0.0791. The van der Waals surface area contributed by atoms with Crippen molar-refractivity contribution in [2.75, 3.05) is 6.61 Å². The normalized spacial score (nSPS) is 14.9. The SMILES string of the molecule is C#CCC(C)(C)C(O)C(C)(C)CON. The summed E-state index contributed by atoms with van der Waals surface area (Å²) in [5, 5.41) is 10.1. The topological polar surface area (TPSA) is 55.5 Å². The monoisotopic (exact) mass is 199 g/mol. The van der Waals surface area contributed by atoms with E-state index in [1.165, 1.54) is 0 Å². The summed E-state index contributed by atoms with van der Waals surface area (Å²) >= 11 is 0. The van der Waals surface area contributed by atoms with Crippen LogP contribution in [-0.2, 0) is 4.84 Å². The molecule has 0 rings (SSSR count). The Hall–Kier alpha value is -0.560. The van der Waals surface area contributed by atoms with Crippen LogP contribution in [0.1, 0.15) is 34.1 Å². The van der Waals surface area contributed by atoms with Gasteiger partial charge in [0.2, 0.25) is 0 Å². The maximum atomic E-state index is 10.1. The van der Waals surface area contributed by atoms with Crippen molar-refractivity contribution in [1.82, 2.24) is 0 Å². The van der Waals surface area contributed by atoms with E-state index in [4.69, 9.17) is 12.3 Å². The fourth-order valence-electron chi connectivity index (χ4n) is 1.71. The highest BCUT2D eigenvalue weighted by atomic mass is 16.6. The molecule has 3 nitrogen and oxygen atoms in total. The summed E-state index contributed by atoms with van der Waals surface area (Å²) in [7, 11) is 0. The largest absolute Gasteiger partial charge is 0.392 e. The lowest BCUT2D eigenvalue weighted by atomic mass is 9.71. The predicted molar refractivity (Wildman–Crippen MR) is 57.2 cm³/mol. The summed E-state index contributed by atoms with van der Waals surface area (Å²) in [6.45, 7) is 8.00. The summed E-state index contributed by atoms with van der Waals surface area (Å²) in [6, 6.07) is 0. The number of aliphatic hydroxyl groups is 1. The van der Waals surface area contributed by atoms with Crippen LogP contribution in [0.15, 0.2) is 0 Å². The van der Waals surface area contributed by atoms with E-state index in [-0.39, 0.29) is 5.41 Å². The fourth-order valence-corrected chi connectivity index (χ4v) is 1.71. The first-order valence-electron chi connectivity index (χ1n) is 4.71. The summed E-state index contributed by atoms with van der Waals surface area (Å²) < 4.78 is 0. The van der Waals surface area contributed by atoms with E-state index in [0.717, 1.165) is 0 Å². The third-order valence-corrected chi connectivity index (χ3v) is 2.49. The Kier molecular flexibility index (Phi) is 4.60. The predicted octanol–water partition coefficient (Wildman–Crippen LogP) is 1.31. The Balaban J connectivity index is 4.59. The van der Waals surface area contributed by atoms with E-state index in [9.17, 15) is 5.11 Å². The molecule has 0 aromatic rings. The van der Waals surface area contributed by atoms with Gasteiger partial charge in [-0.3, -0.25) is 0 Å². The third kappa shape index (κ3) is 3.30. The second kappa shape index (κ2) is 4.79. The molecule has 0 heterocycles. The molecule has 0 saturated heterocycles. The molecule has 3 N–H and O–H groups in total. The minimum absolute atomic E-state index is 0.308. The molecule has 3 heteroatoms. The smallest absolute Gasteiger partial charge is 0.0755 e. The first kappa shape index (κ1) is 13.4. The van der Waals surface area contributed by atoms with Gasteiger partial charge in [-0.1, -0.05) is 27.7 Å². The van der Waals surface area contributed by atoms with Crippen molar-refractivity contribution in [3.05, 3.63) is 0 Å². The van der Waals surface area contributed by atoms with Crippen molar-refractivity contribution in [2.45, 2.75) is 40.2 Å². The summed E-state index contributed by atoms with van der Waals surface area (Å²) in [5.41, 5.74) is -0.716. The molecule has 82 valence electrons. The maximum absolute atomic E-state index is 10.1. The highest BCUT2D eigenvalue weighted by Gasteiger charge is 2.39. The average molecular weight is 199 g/mol. The Morgan fingerprint density at radius 2 is 1.86 bits per heavy atom. The van der Waals surface area contributed by atoms with Crippen molar-refractivity contribution in [1.29, 1.82) is 0 Å². The molecule has 0 amide bonds. The average Bonchev–Trinajstić information content (AvgIpc) is 2.02. The highest BCUT2D eigenvalue weighted by molar-refractivity contribution is 4.97. The zero-order valence-electron chi connectivity index (χ0n) is 9.50. The first-order valence-corrected chi connectivity index (χ1v) is 4.71. The number of terminal acetylenes is 1. The number of aliphatic hydroxyl groups excluding tert-OH is 1. The molecule has 1 atom stereocenters. The van der Waals surface area contributed by atoms with Crippen molar-refractivity contribution >= 4 is 0 Å². The zero-order chi connectivity index (χ0) is 11.4. The van der Waals surface area contributed by atoms with Crippen LogP contribution in [0.5, 0.6) is 0 Å². The van der Waals surface area contributed by atoms with Gasteiger partial charge in [0, 0.05) is 17.3 Å². The maximum Gasteiger partial charge on any atom is 0.0755 e. The lowest BCUT2D eigenvalue weighted by Crippen LogP contribution is -2.44. The molecule has 0 aliphatic rings. The Bertz CT molecular complexity index is 216. The van der Waals surface area contributed by atoms with Crippen LogP contribution in [-0.4, -0.2) is 17.8 Å². The molecule has 0 aromatic carbocycles. The van der Waals surface area contributed by atoms with Crippen LogP contribution in [0.3, 0.4) is 0 Å². The highest BCUT2D eigenvalue weighted by Crippen LogP contribution is 2.36. The van der Waals surface area contributed by atoms with E-state index in [1.54, 1.807) is 0 Å². The number of nitrogens with two attached hydrogens (primary N) is 1. The van der Waals surface area contributed by atoms with Gasteiger partial charge in [-0.2, -0.15) is 0 Å². The van der Waals surface area contributed by atoms with Crippen LogP contribution in [0.25, 0.3) is 0 Å². The van der Waals surface area contributed by atoms with Gasteiger partial charge in [0.05, 0.1) is 12.7 Å². The standard InChI is InChI=1S/C11H21NO2/c1-6-7-10(2,3)9(13)11(4,5)8-14-12/h1,9,13H,7-8,12H2,2-5H3. The van der Waals surface area contributed by atoms with Crippen molar-refractivity contribution < 1.29 is 9.94 Å². The van der Waals surface area contributed by atoms with E-state index in [0.29, 0.717) is 13.0 Å². The minimum atomic E-state index is -0.547. The van der Waals surface area contributed by atoms with Gasteiger partial charge in [0.15, 0.2) is 0 Å². The van der Waals surface area contributed by atoms with Crippen molar-refractivity contribution in [2.24, 2.45) is 16.7 Å². The van der Waals surface area contributed by atoms with Crippen molar-refractivity contribution in [3.63, 3.8) is 0 Å². The van der Waals surface area contributed by atoms with E-state index in [2.05, 4.69) is 10.8 Å². The summed E-state index contributed by atoms with van der Waals surface area (Å²) in [6.07, 6.45) is 5.24. The van der Waals surface area contributed by atoms with Gasteiger partial charge in [0.25, 0.3) is 0 Å². The molecule has 0 spiro atoms. The Morgan fingerprint density at radius 3 is 2.21 bits per heavy atom.